The second-order valence-corrected chi connectivity index (χ2v) is 4.23. The molecule has 0 aromatic heterocycles. The first-order valence-corrected chi connectivity index (χ1v) is 6.36. The first-order valence-electron chi connectivity index (χ1n) is 6.36. The van der Waals surface area contributed by atoms with E-state index in [1.54, 1.807) is 4.90 Å². The van der Waals surface area contributed by atoms with Gasteiger partial charge in [-0.2, -0.15) is 0 Å². The molecule has 0 spiro atoms. The second kappa shape index (κ2) is 8.06. The molecular formula is C12H22N2O3. The Hall–Kier alpha value is -1.10. The topological polar surface area (TPSA) is 58.6 Å². The van der Waals surface area contributed by atoms with Gasteiger partial charge in [0.15, 0.2) is 0 Å². The number of nitrogens with zero attached hydrogens (tertiary/aromatic N) is 1. The van der Waals surface area contributed by atoms with E-state index in [1.165, 1.54) is 0 Å². The lowest BCUT2D eigenvalue weighted by atomic mass is 10.4. The molecule has 0 bridgehead atoms. The molecule has 17 heavy (non-hydrogen) atoms. The van der Waals surface area contributed by atoms with Crippen LogP contribution in [0.5, 0.6) is 0 Å². The molecule has 0 aliphatic carbocycles. The third-order valence-corrected chi connectivity index (χ3v) is 2.64. The van der Waals surface area contributed by atoms with E-state index in [1.807, 2.05) is 0 Å². The molecule has 1 heterocycles. The number of nitrogens with one attached hydrogen (secondary N) is 1. The summed E-state index contributed by atoms with van der Waals surface area (Å²) in [6.07, 6.45) is 3.29. The quantitative estimate of drug-likeness (QED) is 0.632. The van der Waals surface area contributed by atoms with Gasteiger partial charge < -0.3 is 15.0 Å². The predicted octanol–water partition coefficient (Wildman–Crippen LogP) is 0.542. The van der Waals surface area contributed by atoms with Crippen molar-refractivity contribution in [2.45, 2.75) is 32.6 Å². The van der Waals surface area contributed by atoms with Gasteiger partial charge in [0.05, 0.1) is 6.54 Å². The minimum Gasteiger partial charge on any atom is -0.381 e. The fourth-order valence-corrected chi connectivity index (χ4v) is 1.75. The minimum atomic E-state index is -0.0734. The summed E-state index contributed by atoms with van der Waals surface area (Å²) in [5.41, 5.74) is 0. The Morgan fingerprint density at radius 2 is 2.29 bits per heavy atom. The summed E-state index contributed by atoms with van der Waals surface area (Å²) >= 11 is 0. The van der Waals surface area contributed by atoms with Crippen molar-refractivity contribution in [2.24, 2.45) is 0 Å². The maximum atomic E-state index is 11.5. The van der Waals surface area contributed by atoms with Crippen molar-refractivity contribution in [3.05, 3.63) is 0 Å². The van der Waals surface area contributed by atoms with Gasteiger partial charge in [0.25, 0.3) is 0 Å². The van der Waals surface area contributed by atoms with E-state index < -0.39 is 0 Å². The summed E-state index contributed by atoms with van der Waals surface area (Å²) in [5.74, 6) is 0.0159. The first kappa shape index (κ1) is 14.0. The van der Waals surface area contributed by atoms with E-state index in [0.717, 1.165) is 25.9 Å². The van der Waals surface area contributed by atoms with Crippen LogP contribution in [0.1, 0.15) is 32.6 Å². The van der Waals surface area contributed by atoms with E-state index in [4.69, 9.17) is 4.74 Å². The van der Waals surface area contributed by atoms with Crippen LogP contribution in [0.25, 0.3) is 0 Å². The van der Waals surface area contributed by atoms with Crippen molar-refractivity contribution in [3.63, 3.8) is 0 Å². The third kappa shape index (κ3) is 5.68. The average molecular weight is 242 g/mol. The number of rotatable bonds is 8. The maximum Gasteiger partial charge on any atom is 0.239 e. The molecule has 0 aromatic carbocycles. The van der Waals surface area contributed by atoms with Crippen LogP contribution >= 0.6 is 0 Å². The second-order valence-electron chi connectivity index (χ2n) is 4.23. The minimum absolute atomic E-state index is 0.0734. The highest BCUT2D eigenvalue weighted by atomic mass is 16.5. The average Bonchev–Trinajstić information content (AvgIpc) is 2.69. The van der Waals surface area contributed by atoms with Gasteiger partial charge in [-0.1, -0.05) is 6.92 Å². The van der Waals surface area contributed by atoms with Crippen LogP contribution < -0.4 is 5.32 Å². The fraction of sp³-hybridized carbons (Fsp3) is 0.833. The van der Waals surface area contributed by atoms with Crippen LogP contribution in [0, 0.1) is 0 Å². The fourth-order valence-electron chi connectivity index (χ4n) is 1.75. The lowest BCUT2D eigenvalue weighted by molar-refractivity contribution is -0.133. The molecule has 0 saturated carbocycles. The van der Waals surface area contributed by atoms with Crippen molar-refractivity contribution < 1.29 is 14.3 Å². The SMILES string of the molecule is CCCOCCCNC(=O)CN1CCCC1=O. The van der Waals surface area contributed by atoms with Crippen LogP contribution in [-0.2, 0) is 14.3 Å². The van der Waals surface area contributed by atoms with Gasteiger partial charge in [-0.05, 0) is 19.3 Å². The number of carbonyl (C=O) groups excluding carboxylic acids is 2. The zero-order valence-electron chi connectivity index (χ0n) is 10.5. The molecular weight excluding hydrogens is 220 g/mol. The zero-order valence-corrected chi connectivity index (χ0v) is 10.5. The van der Waals surface area contributed by atoms with Gasteiger partial charge in [0, 0.05) is 32.7 Å². The summed E-state index contributed by atoms with van der Waals surface area (Å²) in [4.78, 5) is 24.4. The van der Waals surface area contributed by atoms with Crippen molar-refractivity contribution >= 4 is 11.8 Å². The van der Waals surface area contributed by atoms with Crippen molar-refractivity contribution in [2.75, 3.05) is 32.8 Å². The number of hydrogen-bond donors (Lipinski definition) is 1. The molecule has 5 heteroatoms. The predicted molar refractivity (Wildman–Crippen MR) is 64.6 cm³/mol. The van der Waals surface area contributed by atoms with E-state index in [9.17, 15) is 9.59 Å². The smallest absolute Gasteiger partial charge is 0.239 e. The molecule has 1 N–H and O–H groups in total. The Kier molecular flexibility index (Phi) is 6.62. The molecule has 1 aliphatic heterocycles. The summed E-state index contributed by atoms with van der Waals surface area (Å²) in [7, 11) is 0. The number of carbonyl (C=O) groups is 2. The highest BCUT2D eigenvalue weighted by Crippen LogP contribution is 2.08. The van der Waals surface area contributed by atoms with Crippen LogP contribution in [0.3, 0.4) is 0 Å². The van der Waals surface area contributed by atoms with E-state index in [2.05, 4.69) is 12.2 Å². The van der Waals surface area contributed by atoms with E-state index in [-0.39, 0.29) is 18.4 Å². The van der Waals surface area contributed by atoms with E-state index >= 15 is 0 Å². The summed E-state index contributed by atoms with van der Waals surface area (Å²) in [6, 6.07) is 0. The standard InChI is InChI=1S/C12H22N2O3/c1-2-8-17-9-4-6-13-11(15)10-14-7-3-5-12(14)16/h2-10H2,1H3,(H,13,15). The molecule has 5 nitrogen and oxygen atoms in total. The Morgan fingerprint density at radius 1 is 1.47 bits per heavy atom. The third-order valence-electron chi connectivity index (χ3n) is 2.64. The van der Waals surface area contributed by atoms with Crippen LogP contribution in [0.2, 0.25) is 0 Å². The summed E-state index contributed by atoms with van der Waals surface area (Å²) < 4.78 is 5.30. The van der Waals surface area contributed by atoms with Gasteiger partial charge >= 0.3 is 0 Å². The van der Waals surface area contributed by atoms with Gasteiger partial charge in [-0.15, -0.1) is 0 Å². The Balaban J connectivity index is 1.99. The monoisotopic (exact) mass is 242 g/mol. The number of hydrogen-bond acceptors (Lipinski definition) is 3. The van der Waals surface area contributed by atoms with Crippen molar-refractivity contribution in [1.82, 2.24) is 10.2 Å². The Labute approximate surface area is 102 Å². The molecule has 1 aliphatic rings. The number of ether oxygens (including phenoxy) is 1. The Morgan fingerprint density at radius 3 is 2.94 bits per heavy atom. The van der Waals surface area contributed by atoms with Crippen molar-refractivity contribution in [1.29, 1.82) is 0 Å². The molecule has 1 saturated heterocycles. The van der Waals surface area contributed by atoms with Gasteiger partial charge in [0.1, 0.15) is 0 Å². The van der Waals surface area contributed by atoms with Gasteiger partial charge in [0.2, 0.25) is 11.8 Å². The van der Waals surface area contributed by atoms with Crippen molar-refractivity contribution in [3.8, 4) is 0 Å². The summed E-state index contributed by atoms with van der Waals surface area (Å²) in [5, 5.41) is 2.79. The van der Waals surface area contributed by atoms with Crippen LogP contribution in [-0.4, -0.2) is 49.6 Å². The molecule has 0 unspecified atom stereocenters. The normalized spacial score (nSPS) is 15.4. The lowest BCUT2D eigenvalue weighted by Gasteiger charge is -2.14. The zero-order chi connectivity index (χ0) is 12.5. The van der Waals surface area contributed by atoms with E-state index in [0.29, 0.717) is 26.1 Å². The van der Waals surface area contributed by atoms with Crippen LogP contribution in [0.15, 0.2) is 0 Å². The highest BCUT2D eigenvalue weighted by Gasteiger charge is 2.21. The first-order chi connectivity index (χ1) is 8.24. The molecule has 1 fully saturated rings. The number of amides is 2. The molecule has 0 aromatic rings. The summed E-state index contributed by atoms with van der Waals surface area (Å²) in [6.45, 7) is 5.05. The van der Waals surface area contributed by atoms with Crippen LogP contribution in [0.4, 0.5) is 0 Å². The van der Waals surface area contributed by atoms with Gasteiger partial charge in [-0.25, -0.2) is 0 Å². The lowest BCUT2D eigenvalue weighted by Crippen LogP contribution is -2.38. The molecule has 0 radical (unpaired) electrons. The molecule has 98 valence electrons. The molecule has 0 atom stereocenters. The largest absolute Gasteiger partial charge is 0.381 e. The molecule has 2 amide bonds. The van der Waals surface area contributed by atoms with Gasteiger partial charge in [-0.3, -0.25) is 9.59 Å². The highest BCUT2D eigenvalue weighted by molar-refractivity contribution is 5.85. The number of likely N-dealkylation sites (tertiary alicyclic amines) is 1. The molecule has 1 rings (SSSR count). The Bertz CT molecular complexity index is 256. The maximum absolute atomic E-state index is 11.5.